The number of amides is 1. The van der Waals surface area contributed by atoms with Crippen molar-refractivity contribution < 1.29 is 22.9 Å². The van der Waals surface area contributed by atoms with Crippen molar-refractivity contribution in [2.24, 2.45) is 0 Å². The third-order valence-electron chi connectivity index (χ3n) is 4.66. The molecule has 1 aliphatic heterocycles. The lowest BCUT2D eigenvalue weighted by atomic mass is 10.1. The fraction of sp³-hybridized carbons (Fsp3) is 0.278. The number of carbonyl (C=O) groups is 1. The Hall–Kier alpha value is -3.14. The van der Waals surface area contributed by atoms with E-state index in [4.69, 9.17) is 4.74 Å². The highest BCUT2D eigenvalue weighted by molar-refractivity contribution is 7.93. The third kappa shape index (κ3) is 3.26. The number of hydrogen-bond acceptors (Lipinski definition) is 6. The fourth-order valence-electron chi connectivity index (χ4n) is 3.03. The molecule has 0 spiro atoms. The van der Waals surface area contributed by atoms with Gasteiger partial charge in [-0.3, -0.25) is 19.2 Å². The number of hydrogen-bond donors (Lipinski definition) is 1. The summed E-state index contributed by atoms with van der Waals surface area (Å²) in [5, 5.41) is 13.7. The van der Waals surface area contributed by atoms with Crippen molar-refractivity contribution in [3.8, 4) is 5.75 Å². The molecule has 1 amide bonds. The number of non-ortho nitro benzene ring substituents is 1. The number of nitrogens with one attached hydrogen (secondary N) is 1. The topological polar surface area (TPSA) is 119 Å². The molecule has 0 fully saturated rings. The molecule has 1 N–H and O–H groups in total. The average Bonchev–Trinajstić information content (AvgIpc) is 2.67. The number of aryl methyl sites for hydroxylation is 1. The van der Waals surface area contributed by atoms with Crippen LogP contribution in [0.4, 0.5) is 11.4 Å². The van der Waals surface area contributed by atoms with Gasteiger partial charge in [0.05, 0.1) is 22.1 Å². The Morgan fingerprint density at radius 3 is 2.61 bits per heavy atom. The SMILES string of the molecule is CNC(=O)C1CN(S(=O)(=O)c2cc([N+](=O)[O-])cc(C)c2C)c2ccccc2O1. The van der Waals surface area contributed by atoms with E-state index in [2.05, 4.69) is 5.32 Å². The Labute approximate surface area is 162 Å². The highest BCUT2D eigenvalue weighted by Gasteiger charge is 2.38. The molecule has 3 rings (SSSR count). The van der Waals surface area contributed by atoms with Gasteiger partial charge in [0, 0.05) is 19.2 Å². The number of fused-ring (bicyclic) bond motifs is 1. The summed E-state index contributed by atoms with van der Waals surface area (Å²) in [7, 11) is -2.76. The van der Waals surface area contributed by atoms with Gasteiger partial charge in [-0.15, -0.1) is 0 Å². The average molecular weight is 405 g/mol. The Morgan fingerprint density at radius 2 is 1.96 bits per heavy atom. The lowest BCUT2D eigenvalue weighted by molar-refractivity contribution is -0.385. The van der Waals surface area contributed by atoms with Crippen molar-refractivity contribution in [1.29, 1.82) is 0 Å². The van der Waals surface area contributed by atoms with E-state index in [1.807, 2.05) is 0 Å². The maximum atomic E-state index is 13.5. The van der Waals surface area contributed by atoms with E-state index in [1.54, 1.807) is 38.1 Å². The largest absolute Gasteiger partial charge is 0.476 e. The molecule has 0 radical (unpaired) electrons. The first-order chi connectivity index (χ1) is 13.2. The monoisotopic (exact) mass is 405 g/mol. The minimum Gasteiger partial charge on any atom is -0.476 e. The molecule has 0 saturated carbocycles. The minimum atomic E-state index is -4.19. The molecule has 28 heavy (non-hydrogen) atoms. The number of nitrogens with zero attached hydrogens (tertiary/aromatic N) is 2. The van der Waals surface area contributed by atoms with Crippen LogP contribution in [0, 0.1) is 24.0 Å². The first-order valence-electron chi connectivity index (χ1n) is 8.42. The highest BCUT2D eigenvalue weighted by atomic mass is 32.2. The van der Waals surface area contributed by atoms with E-state index >= 15 is 0 Å². The molecule has 0 aliphatic carbocycles. The van der Waals surface area contributed by atoms with Gasteiger partial charge < -0.3 is 10.1 Å². The molecule has 1 heterocycles. The molecule has 1 atom stereocenters. The molecule has 0 aromatic heterocycles. The second kappa shape index (κ2) is 7.12. The van der Waals surface area contributed by atoms with Crippen LogP contribution in [0.2, 0.25) is 0 Å². The van der Waals surface area contributed by atoms with E-state index in [0.29, 0.717) is 11.1 Å². The Balaban J connectivity index is 2.18. The Morgan fingerprint density at radius 1 is 1.29 bits per heavy atom. The summed E-state index contributed by atoms with van der Waals surface area (Å²) in [5.41, 5.74) is 0.848. The molecule has 1 aliphatic rings. The Kier molecular flexibility index (Phi) is 4.99. The van der Waals surface area contributed by atoms with E-state index in [1.165, 1.54) is 13.1 Å². The van der Waals surface area contributed by atoms with E-state index in [-0.39, 0.29) is 28.6 Å². The summed E-state index contributed by atoms with van der Waals surface area (Å²) < 4.78 is 33.6. The van der Waals surface area contributed by atoms with Gasteiger partial charge in [0.2, 0.25) is 0 Å². The quantitative estimate of drug-likeness (QED) is 0.613. The first kappa shape index (κ1) is 19.6. The number of nitro benzene ring substituents is 1. The van der Waals surface area contributed by atoms with Gasteiger partial charge in [0.25, 0.3) is 21.6 Å². The number of rotatable bonds is 4. The van der Waals surface area contributed by atoms with E-state index in [9.17, 15) is 23.3 Å². The van der Waals surface area contributed by atoms with Crippen LogP contribution in [-0.2, 0) is 14.8 Å². The Bertz CT molecular complexity index is 1070. The van der Waals surface area contributed by atoms with Crippen LogP contribution in [0.5, 0.6) is 5.75 Å². The zero-order valence-corrected chi connectivity index (χ0v) is 16.3. The predicted octanol–water partition coefficient (Wildman–Crippen LogP) is 1.91. The minimum absolute atomic E-state index is 0.174. The predicted molar refractivity (Wildman–Crippen MR) is 102 cm³/mol. The van der Waals surface area contributed by atoms with Gasteiger partial charge in [-0.05, 0) is 37.1 Å². The lowest BCUT2D eigenvalue weighted by Crippen LogP contribution is -2.50. The molecule has 10 heteroatoms. The molecule has 0 bridgehead atoms. The number of nitro groups is 1. The summed E-state index contributed by atoms with van der Waals surface area (Å²) in [6, 6.07) is 8.82. The molecule has 9 nitrogen and oxygen atoms in total. The van der Waals surface area contributed by atoms with Crippen LogP contribution in [0.1, 0.15) is 11.1 Å². The second-order valence-electron chi connectivity index (χ2n) is 6.37. The summed E-state index contributed by atoms with van der Waals surface area (Å²) in [5.74, 6) is -0.229. The number of para-hydroxylation sites is 2. The van der Waals surface area contributed by atoms with Gasteiger partial charge in [0.1, 0.15) is 5.75 Å². The van der Waals surface area contributed by atoms with Crippen LogP contribution in [0.25, 0.3) is 0 Å². The molecular formula is C18H19N3O6S. The number of anilines is 1. The maximum Gasteiger partial charge on any atom is 0.271 e. The van der Waals surface area contributed by atoms with Crippen LogP contribution >= 0.6 is 0 Å². The highest BCUT2D eigenvalue weighted by Crippen LogP contribution is 2.38. The fourth-order valence-corrected chi connectivity index (χ4v) is 4.82. The van der Waals surface area contributed by atoms with E-state index in [0.717, 1.165) is 10.4 Å². The van der Waals surface area contributed by atoms with Crippen LogP contribution in [-0.4, -0.2) is 38.9 Å². The zero-order chi connectivity index (χ0) is 20.6. The number of likely N-dealkylation sites (N-methyl/N-ethyl adjacent to an activating group) is 1. The summed E-state index contributed by atoms with van der Waals surface area (Å²) in [6.07, 6.45) is -1.05. The molecule has 0 saturated heterocycles. The summed E-state index contributed by atoms with van der Waals surface area (Å²) in [4.78, 5) is 22.5. The van der Waals surface area contributed by atoms with Crippen LogP contribution in [0.3, 0.4) is 0 Å². The van der Waals surface area contributed by atoms with Crippen molar-refractivity contribution in [3.05, 3.63) is 57.6 Å². The lowest BCUT2D eigenvalue weighted by Gasteiger charge is -2.34. The van der Waals surface area contributed by atoms with Gasteiger partial charge in [-0.1, -0.05) is 12.1 Å². The third-order valence-corrected chi connectivity index (χ3v) is 6.56. The molecule has 148 valence electrons. The molecule has 1 unspecified atom stereocenters. The van der Waals surface area contributed by atoms with Crippen LogP contribution in [0.15, 0.2) is 41.3 Å². The summed E-state index contributed by atoms with van der Waals surface area (Å²) >= 11 is 0. The van der Waals surface area contributed by atoms with Crippen molar-refractivity contribution >= 4 is 27.3 Å². The van der Waals surface area contributed by atoms with Crippen molar-refractivity contribution in [3.63, 3.8) is 0 Å². The van der Waals surface area contributed by atoms with Crippen molar-refractivity contribution in [2.75, 3.05) is 17.9 Å². The number of sulfonamides is 1. The van der Waals surface area contributed by atoms with Crippen molar-refractivity contribution in [1.82, 2.24) is 5.32 Å². The summed E-state index contributed by atoms with van der Waals surface area (Å²) in [6.45, 7) is 2.96. The van der Waals surface area contributed by atoms with Gasteiger partial charge in [-0.2, -0.15) is 0 Å². The van der Waals surface area contributed by atoms with E-state index < -0.39 is 27.0 Å². The second-order valence-corrected chi connectivity index (χ2v) is 8.20. The number of carbonyl (C=O) groups excluding carboxylic acids is 1. The first-order valence-corrected chi connectivity index (χ1v) is 9.86. The van der Waals surface area contributed by atoms with Crippen LogP contribution < -0.4 is 14.4 Å². The number of benzene rings is 2. The maximum absolute atomic E-state index is 13.5. The molecule has 2 aromatic rings. The molecule has 2 aromatic carbocycles. The zero-order valence-electron chi connectivity index (χ0n) is 15.5. The van der Waals surface area contributed by atoms with Gasteiger partial charge >= 0.3 is 0 Å². The normalized spacial score (nSPS) is 16.1. The van der Waals surface area contributed by atoms with Crippen molar-refractivity contribution in [2.45, 2.75) is 24.8 Å². The smallest absolute Gasteiger partial charge is 0.271 e. The standard InChI is InChI=1S/C18H19N3O6S/c1-11-8-13(21(23)24)9-17(12(11)2)28(25,26)20-10-16(18(22)19-3)27-15-7-5-4-6-14(15)20/h4-9,16H,10H2,1-3H3,(H,19,22). The van der Waals surface area contributed by atoms with Gasteiger partial charge in [-0.25, -0.2) is 8.42 Å². The molecular weight excluding hydrogens is 386 g/mol. The van der Waals surface area contributed by atoms with Gasteiger partial charge in [0.15, 0.2) is 6.10 Å². The number of ether oxygens (including phenoxy) is 1.